The molecule has 106 valence electrons. The van der Waals surface area contributed by atoms with E-state index < -0.39 is 10.0 Å². The van der Waals surface area contributed by atoms with Crippen LogP contribution >= 0.6 is 11.6 Å². The second kappa shape index (κ2) is 5.42. The monoisotopic (exact) mass is 310 g/mol. The lowest BCUT2D eigenvalue weighted by Gasteiger charge is -2.11. The highest BCUT2D eigenvalue weighted by Crippen LogP contribution is 2.24. The molecule has 0 amide bonds. The SMILES string of the molecule is Cc1cnc(Cl)c(NS(=O)(=O)c2ccc(C)c(C)c2)c1. The summed E-state index contributed by atoms with van der Waals surface area (Å²) in [5, 5.41) is 0.128. The number of hydrogen-bond acceptors (Lipinski definition) is 3. The topological polar surface area (TPSA) is 59.1 Å². The lowest BCUT2D eigenvalue weighted by molar-refractivity contribution is 0.601. The van der Waals surface area contributed by atoms with E-state index in [1.165, 1.54) is 0 Å². The zero-order valence-electron chi connectivity index (χ0n) is 11.4. The number of rotatable bonds is 3. The summed E-state index contributed by atoms with van der Waals surface area (Å²) in [6.45, 7) is 5.62. The van der Waals surface area contributed by atoms with Crippen molar-refractivity contribution in [1.82, 2.24) is 4.98 Å². The molecule has 0 atom stereocenters. The third kappa shape index (κ3) is 3.11. The van der Waals surface area contributed by atoms with Gasteiger partial charge < -0.3 is 0 Å². The van der Waals surface area contributed by atoms with Crippen molar-refractivity contribution in [3.05, 3.63) is 52.3 Å². The predicted octanol–water partition coefficient (Wildman–Crippen LogP) is 3.46. The Bertz CT molecular complexity index is 758. The summed E-state index contributed by atoms with van der Waals surface area (Å²) in [5.74, 6) is 0. The lowest BCUT2D eigenvalue weighted by atomic mass is 10.1. The van der Waals surface area contributed by atoms with E-state index >= 15 is 0 Å². The van der Waals surface area contributed by atoms with E-state index in [9.17, 15) is 8.42 Å². The molecule has 0 aliphatic carbocycles. The first-order valence-electron chi connectivity index (χ1n) is 6.02. The minimum Gasteiger partial charge on any atom is -0.276 e. The standard InChI is InChI=1S/C14H15ClN2O2S/c1-9-6-13(14(15)16-8-9)17-20(18,19)12-5-4-10(2)11(3)7-12/h4-8,17H,1-3H3. The van der Waals surface area contributed by atoms with Crippen molar-refractivity contribution < 1.29 is 8.42 Å². The van der Waals surface area contributed by atoms with Gasteiger partial charge in [0.2, 0.25) is 0 Å². The van der Waals surface area contributed by atoms with Gasteiger partial charge in [0, 0.05) is 6.20 Å². The molecule has 1 aromatic heterocycles. The van der Waals surface area contributed by atoms with Gasteiger partial charge in [0.05, 0.1) is 10.6 Å². The highest BCUT2D eigenvalue weighted by molar-refractivity contribution is 7.92. The molecule has 1 heterocycles. The van der Waals surface area contributed by atoms with Gasteiger partial charge in [-0.2, -0.15) is 0 Å². The average molecular weight is 311 g/mol. The highest BCUT2D eigenvalue weighted by Gasteiger charge is 2.16. The van der Waals surface area contributed by atoms with E-state index in [1.807, 2.05) is 20.8 Å². The first kappa shape index (κ1) is 14.8. The van der Waals surface area contributed by atoms with E-state index in [4.69, 9.17) is 11.6 Å². The summed E-state index contributed by atoms with van der Waals surface area (Å²) in [7, 11) is -3.67. The molecule has 1 N–H and O–H groups in total. The van der Waals surface area contributed by atoms with E-state index in [1.54, 1.807) is 30.5 Å². The molecular weight excluding hydrogens is 296 g/mol. The van der Waals surface area contributed by atoms with Crippen molar-refractivity contribution >= 4 is 27.3 Å². The second-order valence-corrected chi connectivity index (χ2v) is 6.74. The van der Waals surface area contributed by atoms with E-state index in [-0.39, 0.29) is 15.7 Å². The molecule has 4 nitrogen and oxygen atoms in total. The third-order valence-corrected chi connectivity index (χ3v) is 4.67. The first-order chi connectivity index (χ1) is 9.29. The summed E-state index contributed by atoms with van der Waals surface area (Å²) >= 11 is 5.91. The highest BCUT2D eigenvalue weighted by atomic mass is 35.5. The van der Waals surface area contributed by atoms with Gasteiger partial charge in [-0.3, -0.25) is 4.72 Å². The summed E-state index contributed by atoms with van der Waals surface area (Å²) < 4.78 is 27.1. The Balaban J connectivity index is 2.40. The Kier molecular flexibility index (Phi) is 4.01. The molecule has 2 aromatic rings. The van der Waals surface area contributed by atoms with Crippen molar-refractivity contribution in [2.24, 2.45) is 0 Å². The third-order valence-electron chi connectivity index (χ3n) is 3.01. The van der Waals surface area contributed by atoms with E-state index in [0.717, 1.165) is 16.7 Å². The molecule has 0 aliphatic rings. The van der Waals surface area contributed by atoms with Gasteiger partial charge in [-0.05, 0) is 55.7 Å². The number of anilines is 1. The van der Waals surface area contributed by atoms with Gasteiger partial charge in [-0.15, -0.1) is 0 Å². The Morgan fingerprint density at radius 3 is 2.45 bits per heavy atom. The maximum absolute atomic E-state index is 12.3. The number of halogens is 1. The number of benzene rings is 1. The molecule has 6 heteroatoms. The molecule has 0 saturated heterocycles. The molecule has 0 radical (unpaired) electrons. The van der Waals surface area contributed by atoms with Gasteiger partial charge in [0.1, 0.15) is 0 Å². The minimum absolute atomic E-state index is 0.128. The Morgan fingerprint density at radius 2 is 1.80 bits per heavy atom. The summed E-state index contributed by atoms with van der Waals surface area (Å²) in [6, 6.07) is 6.63. The number of sulfonamides is 1. The van der Waals surface area contributed by atoms with Crippen molar-refractivity contribution in [3.8, 4) is 0 Å². The molecule has 0 saturated carbocycles. The maximum atomic E-state index is 12.3. The molecule has 0 unspecified atom stereocenters. The van der Waals surface area contributed by atoms with Gasteiger partial charge in [0.15, 0.2) is 5.15 Å². The molecule has 2 rings (SSSR count). The molecule has 0 bridgehead atoms. The van der Waals surface area contributed by atoms with Crippen LogP contribution in [0.2, 0.25) is 5.15 Å². The molecule has 0 aliphatic heterocycles. The normalized spacial score (nSPS) is 11.4. The number of aryl methyl sites for hydroxylation is 3. The van der Waals surface area contributed by atoms with Gasteiger partial charge in [-0.1, -0.05) is 17.7 Å². The summed E-state index contributed by atoms with van der Waals surface area (Å²) in [5.41, 5.74) is 3.07. The zero-order valence-corrected chi connectivity index (χ0v) is 13.0. The second-order valence-electron chi connectivity index (χ2n) is 4.70. The van der Waals surface area contributed by atoms with Crippen LogP contribution < -0.4 is 4.72 Å². The number of nitrogens with zero attached hydrogens (tertiary/aromatic N) is 1. The van der Waals surface area contributed by atoms with Crippen LogP contribution in [0, 0.1) is 20.8 Å². The fraction of sp³-hybridized carbons (Fsp3) is 0.214. The smallest absolute Gasteiger partial charge is 0.262 e. The van der Waals surface area contributed by atoms with Crippen LogP contribution in [0.1, 0.15) is 16.7 Å². The number of aromatic nitrogens is 1. The Morgan fingerprint density at radius 1 is 1.10 bits per heavy atom. The minimum atomic E-state index is -3.67. The number of pyridine rings is 1. The van der Waals surface area contributed by atoms with Crippen LogP contribution in [0.4, 0.5) is 5.69 Å². The summed E-state index contributed by atoms with van der Waals surface area (Å²) in [6.07, 6.45) is 1.58. The fourth-order valence-corrected chi connectivity index (χ4v) is 3.06. The lowest BCUT2D eigenvalue weighted by Crippen LogP contribution is -2.14. The van der Waals surface area contributed by atoms with Gasteiger partial charge in [0.25, 0.3) is 10.0 Å². The number of hydrogen-bond donors (Lipinski definition) is 1. The quantitative estimate of drug-likeness (QED) is 0.883. The Labute approximate surface area is 123 Å². The first-order valence-corrected chi connectivity index (χ1v) is 7.88. The van der Waals surface area contributed by atoms with Crippen LogP contribution in [-0.4, -0.2) is 13.4 Å². The molecule has 20 heavy (non-hydrogen) atoms. The predicted molar refractivity (Wildman–Crippen MR) is 80.7 cm³/mol. The molecule has 1 aromatic carbocycles. The van der Waals surface area contributed by atoms with Gasteiger partial charge >= 0.3 is 0 Å². The van der Waals surface area contributed by atoms with Crippen LogP contribution in [-0.2, 0) is 10.0 Å². The van der Waals surface area contributed by atoms with Crippen molar-refractivity contribution in [1.29, 1.82) is 0 Å². The van der Waals surface area contributed by atoms with E-state index in [0.29, 0.717) is 0 Å². The van der Waals surface area contributed by atoms with Crippen LogP contribution in [0.15, 0.2) is 35.4 Å². The summed E-state index contributed by atoms with van der Waals surface area (Å²) in [4.78, 5) is 4.13. The van der Waals surface area contributed by atoms with Crippen molar-refractivity contribution in [2.75, 3.05) is 4.72 Å². The van der Waals surface area contributed by atoms with Crippen molar-refractivity contribution in [2.45, 2.75) is 25.7 Å². The fourth-order valence-electron chi connectivity index (χ4n) is 1.71. The van der Waals surface area contributed by atoms with Crippen LogP contribution in [0.3, 0.4) is 0 Å². The van der Waals surface area contributed by atoms with Crippen LogP contribution in [0.25, 0.3) is 0 Å². The van der Waals surface area contributed by atoms with Crippen molar-refractivity contribution in [3.63, 3.8) is 0 Å². The number of nitrogens with one attached hydrogen (secondary N) is 1. The van der Waals surface area contributed by atoms with Crippen LogP contribution in [0.5, 0.6) is 0 Å². The zero-order chi connectivity index (χ0) is 14.9. The maximum Gasteiger partial charge on any atom is 0.262 e. The Hall–Kier alpha value is -1.59. The molecular formula is C14H15ClN2O2S. The molecule has 0 spiro atoms. The average Bonchev–Trinajstić information content (AvgIpc) is 2.36. The largest absolute Gasteiger partial charge is 0.276 e. The molecule has 0 fully saturated rings. The van der Waals surface area contributed by atoms with E-state index in [2.05, 4.69) is 9.71 Å². The van der Waals surface area contributed by atoms with Gasteiger partial charge in [-0.25, -0.2) is 13.4 Å².